The van der Waals surface area contributed by atoms with Crippen LogP contribution in [-0.4, -0.2) is 52.7 Å². The van der Waals surface area contributed by atoms with Crippen LogP contribution in [-0.2, 0) is 31.0 Å². The van der Waals surface area contributed by atoms with Crippen molar-refractivity contribution in [3.63, 3.8) is 0 Å². The largest absolute Gasteiger partial charge is 0.413 e. The quantitative estimate of drug-likeness (QED) is 0.363. The first kappa shape index (κ1) is 22.7. The Balaban J connectivity index is 0. The second kappa shape index (κ2) is 10.2. The molecule has 22 heavy (non-hydrogen) atoms. The van der Waals surface area contributed by atoms with E-state index in [1.165, 1.54) is 0 Å². The molecule has 1 aromatic rings. The van der Waals surface area contributed by atoms with E-state index >= 15 is 0 Å². The highest BCUT2D eigenvalue weighted by Crippen LogP contribution is 2.01. The average Bonchev–Trinajstić information content (AvgIpc) is 2.55. The molecule has 0 aliphatic heterocycles. The zero-order valence-electron chi connectivity index (χ0n) is 11.5. The molecule has 0 aliphatic carbocycles. The second-order valence-electron chi connectivity index (χ2n) is 3.32. The van der Waals surface area contributed by atoms with E-state index in [1.54, 1.807) is 4.68 Å². The number of nitriles is 1. The highest BCUT2D eigenvalue weighted by atomic mass is 32.3. The summed E-state index contributed by atoms with van der Waals surface area (Å²) >= 11 is 0. The zero-order chi connectivity index (χ0) is 18.0. The Morgan fingerprint density at radius 1 is 1.23 bits per heavy atom. The summed E-state index contributed by atoms with van der Waals surface area (Å²) in [6.45, 7) is 3.51. The third-order valence-corrected chi connectivity index (χ3v) is 2.97. The van der Waals surface area contributed by atoms with E-state index in [9.17, 15) is 16.8 Å². The monoisotopic (exact) mass is 361 g/mol. The molecule has 0 saturated heterocycles. The van der Waals surface area contributed by atoms with Gasteiger partial charge in [0.1, 0.15) is 13.3 Å². The Hall–Kier alpha value is -1.60. The summed E-state index contributed by atoms with van der Waals surface area (Å²) in [7, 11) is -10.2. The number of aryl methyl sites for hydroxylation is 2. The van der Waals surface area contributed by atoms with Crippen molar-refractivity contribution >= 4 is 20.8 Å². The maximum absolute atomic E-state index is 9.44. The number of aliphatic hydroxyl groups excluding tert-OH is 1. The Morgan fingerprint density at radius 3 is 1.82 bits per heavy atom. The molecule has 1 heterocycles. The van der Waals surface area contributed by atoms with E-state index in [0.717, 1.165) is 11.3 Å². The van der Waals surface area contributed by atoms with Crippen molar-refractivity contribution in [2.75, 3.05) is 6.79 Å². The summed E-state index contributed by atoms with van der Waals surface area (Å²) < 4.78 is 57.2. The Morgan fingerprint density at radius 2 is 1.64 bits per heavy atom. The van der Waals surface area contributed by atoms with E-state index in [0.29, 0.717) is 6.54 Å². The van der Waals surface area contributed by atoms with Crippen LogP contribution in [0.25, 0.3) is 0 Å². The van der Waals surface area contributed by atoms with Crippen molar-refractivity contribution < 1.29 is 39.8 Å². The van der Waals surface area contributed by atoms with Crippen molar-refractivity contribution in [3.05, 3.63) is 17.5 Å². The maximum atomic E-state index is 9.44. The van der Waals surface area contributed by atoms with Gasteiger partial charge in [0, 0.05) is 6.20 Å². The molecule has 0 bridgehead atoms. The van der Waals surface area contributed by atoms with E-state index in [1.807, 2.05) is 26.1 Å². The summed E-state index contributed by atoms with van der Waals surface area (Å²) in [5.74, 6) is 0. The molecule has 0 unspecified atom stereocenters. The number of nitrogens with zero attached hydrogens (tertiary/aromatic N) is 3. The van der Waals surface area contributed by atoms with Crippen molar-refractivity contribution in [2.45, 2.75) is 20.4 Å². The number of aromatic nitrogens is 2. The Kier molecular flexibility index (Phi) is 10.5. The topological polar surface area (TPSA) is 200 Å². The SMILES string of the molecule is Cc1cn(CC#N)nc1C.O=S(=O)(O)OS(=O)(=O)O.OCO. The van der Waals surface area contributed by atoms with Crippen LogP contribution in [0.1, 0.15) is 11.3 Å². The van der Waals surface area contributed by atoms with Crippen molar-refractivity contribution in [1.29, 1.82) is 5.26 Å². The van der Waals surface area contributed by atoms with Crippen molar-refractivity contribution in [1.82, 2.24) is 9.78 Å². The molecule has 0 saturated carbocycles. The van der Waals surface area contributed by atoms with Gasteiger partial charge >= 0.3 is 20.8 Å². The molecule has 4 N–H and O–H groups in total. The van der Waals surface area contributed by atoms with Gasteiger partial charge in [-0.2, -0.15) is 27.2 Å². The summed E-state index contributed by atoms with van der Waals surface area (Å²) in [4.78, 5) is 0. The first-order valence-corrected chi connectivity index (χ1v) is 7.84. The molecule has 128 valence electrons. The molecule has 0 aliphatic rings. The first-order chi connectivity index (χ1) is 9.86. The maximum Gasteiger partial charge on any atom is 0.413 e. The zero-order valence-corrected chi connectivity index (χ0v) is 13.1. The van der Waals surface area contributed by atoms with E-state index in [4.69, 9.17) is 24.6 Å². The van der Waals surface area contributed by atoms with Crippen LogP contribution in [0.4, 0.5) is 0 Å². The minimum atomic E-state index is -5.12. The summed E-state index contributed by atoms with van der Waals surface area (Å²) in [5, 5.41) is 26.7. The molecule has 14 heteroatoms. The van der Waals surface area contributed by atoms with E-state index < -0.39 is 27.6 Å². The van der Waals surface area contributed by atoms with Crippen LogP contribution in [0.3, 0.4) is 0 Å². The molecule has 0 radical (unpaired) electrons. The molecule has 1 aromatic heterocycles. The van der Waals surface area contributed by atoms with Gasteiger partial charge in [-0.3, -0.25) is 13.8 Å². The lowest BCUT2D eigenvalue weighted by molar-refractivity contribution is 0.0773. The molecule has 12 nitrogen and oxygen atoms in total. The van der Waals surface area contributed by atoms with Gasteiger partial charge < -0.3 is 10.2 Å². The minimum Gasteiger partial charge on any atom is -0.371 e. The minimum absolute atomic E-state index is 0.342. The Bertz CT molecular complexity index is 637. The first-order valence-electron chi connectivity index (χ1n) is 5.11. The van der Waals surface area contributed by atoms with Crippen LogP contribution in [0, 0.1) is 25.2 Å². The van der Waals surface area contributed by atoms with Gasteiger partial charge in [-0.15, -0.1) is 3.63 Å². The van der Waals surface area contributed by atoms with Crippen molar-refractivity contribution in [2.24, 2.45) is 0 Å². The van der Waals surface area contributed by atoms with Gasteiger partial charge in [0.25, 0.3) is 0 Å². The van der Waals surface area contributed by atoms with Crippen LogP contribution >= 0.6 is 0 Å². The molecule has 1 rings (SSSR count). The van der Waals surface area contributed by atoms with Crippen LogP contribution in [0.15, 0.2) is 6.20 Å². The summed E-state index contributed by atoms with van der Waals surface area (Å²) in [6.07, 6.45) is 1.87. The predicted molar refractivity (Wildman–Crippen MR) is 70.8 cm³/mol. The predicted octanol–water partition coefficient (Wildman–Crippen LogP) is -1.44. The van der Waals surface area contributed by atoms with Crippen LogP contribution < -0.4 is 0 Å². The number of hydrogen-bond donors (Lipinski definition) is 4. The fraction of sp³-hybridized carbons (Fsp3) is 0.500. The van der Waals surface area contributed by atoms with Gasteiger partial charge in [0.15, 0.2) is 0 Å². The molecule has 0 fully saturated rings. The van der Waals surface area contributed by atoms with Gasteiger partial charge in [0.05, 0.1) is 11.8 Å². The highest BCUT2D eigenvalue weighted by Gasteiger charge is 2.15. The fourth-order valence-electron chi connectivity index (χ4n) is 0.879. The van der Waals surface area contributed by atoms with E-state index in [2.05, 4.69) is 8.73 Å². The van der Waals surface area contributed by atoms with E-state index in [-0.39, 0.29) is 0 Å². The van der Waals surface area contributed by atoms with Crippen LogP contribution in [0.2, 0.25) is 0 Å². The lowest BCUT2D eigenvalue weighted by Gasteiger charge is -1.89. The molecule has 0 aromatic carbocycles. The second-order valence-corrected chi connectivity index (χ2v) is 5.57. The van der Waals surface area contributed by atoms with Crippen molar-refractivity contribution in [3.8, 4) is 6.07 Å². The lowest BCUT2D eigenvalue weighted by atomic mass is 10.3. The molecular formula is C8H15N3O9S2. The van der Waals surface area contributed by atoms with Gasteiger partial charge in [-0.25, -0.2) is 0 Å². The van der Waals surface area contributed by atoms with Gasteiger partial charge in [-0.1, -0.05) is 0 Å². The summed E-state index contributed by atoms with van der Waals surface area (Å²) in [6, 6.07) is 2.02. The molecule has 0 atom stereocenters. The number of aliphatic hydroxyl groups is 2. The third-order valence-electron chi connectivity index (χ3n) is 1.60. The summed E-state index contributed by atoms with van der Waals surface area (Å²) in [5.41, 5.74) is 2.13. The van der Waals surface area contributed by atoms with Crippen LogP contribution in [0.5, 0.6) is 0 Å². The number of rotatable bonds is 3. The fourth-order valence-corrected chi connectivity index (χ4v) is 1.75. The molecule has 0 amide bonds. The highest BCUT2D eigenvalue weighted by molar-refractivity contribution is 7.94. The smallest absolute Gasteiger partial charge is 0.371 e. The number of hydrogen-bond acceptors (Lipinski definition) is 9. The molecular weight excluding hydrogens is 346 g/mol. The normalized spacial score (nSPS) is 10.6. The Labute approximate surface area is 127 Å². The standard InChI is InChI=1S/C7H9N3.CH4O2.H2O7S2/c1-6-5-10(4-3-8)9-7(6)2;2-1-3;1-8(2,3)7-9(4,5)6/h5H,4H2,1-2H3;2-3H,1H2;(H,1,2,3)(H,4,5,6). The third kappa shape index (κ3) is 14.8. The molecule has 0 spiro atoms. The van der Waals surface area contributed by atoms with Gasteiger partial charge in [0.2, 0.25) is 0 Å². The van der Waals surface area contributed by atoms with Gasteiger partial charge in [-0.05, 0) is 19.4 Å². The average molecular weight is 361 g/mol. The lowest BCUT2D eigenvalue weighted by Crippen LogP contribution is -2.10.